The fraction of sp³-hybridized carbons (Fsp3) is 0.302. The van der Waals surface area contributed by atoms with Crippen LogP contribution in [0.2, 0.25) is 0 Å². The number of benzene rings is 1. The highest BCUT2D eigenvalue weighted by Crippen LogP contribution is 2.33. The average Bonchev–Trinajstić information content (AvgIpc) is 3.99. The van der Waals surface area contributed by atoms with E-state index in [4.69, 9.17) is 24.7 Å². The Morgan fingerprint density at radius 2 is 1.25 bits per heavy atom. The van der Waals surface area contributed by atoms with E-state index in [-0.39, 0.29) is 53.8 Å². The van der Waals surface area contributed by atoms with E-state index < -0.39 is 23.8 Å². The van der Waals surface area contributed by atoms with Crippen molar-refractivity contribution >= 4 is 58.2 Å². The van der Waals surface area contributed by atoms with E-state index in [1.165, 1.54) is 38.5 Å². The van der Waals surface area contributed by atoms with Crippen LogP contribution in [-0.4, -0.2) is 81.1 Å². The molecular weight excluding hydrogens is 789 g/mol. The Kier molecular flexibility index (Phi) is 14.6. The number of amides is 3. The summed E-state index contributed by atoms with van der Waals surface area (Å²) in [6, 6.07) is 9.25. The summed E-state index contributed by atoms with van der Waals surface area (Å²) in [5, 5.41) is 8.42. The van der Waals surface area contributed by atoms with Crippen LogP contribution in [0.25, 0.3) is 0 Å². The number of unbranched alkanes of at least 4 members (excludes halogenated alkanes) is 2. The van der Waals surface area contributed by atoms with Gasteiger partial charge in [0.05, 0.1) is 54.8 Å². The van der Waals surface area contributed by atoms with Crippen LogP contribution < -0.4 is 31.2 Å². The molecule has 5 rings (SSSR count). The molecular formula is C43H50N8O10. The van der Waals surface area contributed by atoms with Crippen molar-refractivity contribution in [3.63, 3.8) is 0 Å². The molecule has 1 aromatic carbocycles. The molecule has 18 nitrogen and oxygen atoms in total. The number of ketones is 1. The zero-order chi connectivity index (χ0) is 44.4. The third-order valence-corrected chi connectivity index (χ3v) is 9.58. The number of ether oxygens (including phenoxy) is 4. The molecule has 0 aliphatic rings. The molecule has 5 aromatic rings. The Morgan fingerprint density at radius 1 is 0.672 bits per heavy atom. The molecule has 61 heavy (non-hydrogen) atoms. The molecule has 0 fully saturated rings. The van der Waals surface area contributed by atoms with Gasteiger partial charge in [-0.15, -0.1) is 0 Å². The zero-order valence-corrected chi connectivity index (χ0v) is 35.0. The number of nitrogen functional groups attached to an aromatic ring is 1. The predicted octanol–water partition coefficient (Wildman–Crippen LogP) is 5.27. The minimum Gasteiger partial charge on any atom is -0.493 e. The lowest BCUT2D eigenvalue weighted by Gasteiger charge is -2.14. The van der Waals surface area contributed by atoms with Gasteiger partial charge < -0.3 is 58.9 Å². The number of esters is 2. The van der Waals surface area contributed by atoms with Gasteiger partial charge in [0.25, 0.3) is 11.8 Å². The maximum atomic E-state index is 13.4. The quantitative estimate of drug-likeness (QED) is 0.0260. The third kappa shape index (κ3) is 11.2. The summed E-state index contributed by atoms with van der Waals surface area (Å²) in [4.78, 5) is 76.7. The summed E-state index contributed by atoms with van der Waals surface area (Å²) < 4.78 is 27.4. The summed E-state index contributed by atoms with van der Waals surface area (Å²) in [6.07, 6.45) is 10.2. The highest BCUT2D eigenvalue weighted by molar-refractivity contribution is 6.06. The highest BCUT2D eigenvalue weighted by Gasteiger charge is 2.21. The van der Waals surface area contributed by atoms with Crippen LogP contribution in [0.5, 0.6) is 11.5 Å². The van der Waals surface area contributed by atoms with E-state index in [0.717, 1.165) is 0 Å². The SMILES string of the molecule is C=CCOC(=O)c1cc(OC)c(OCCCCCC(=O)Nc2cc(C(=O)Nc3cc(C(=O)Cc4cc(C(=O)Nc5cc(C(=O)OC)n(C)c5)n(C)c4)n(C)c3)n(C)c2)cc1N. The van der Waals surface area contributed by atoms with Crippen LogP contribution in [0.4, 0.5) is 22.7 Å². The molecule has 0 spiro atoms. The number of aryl methyl sites for hydroxylation is 4. The standard InChI is InChI=1S/C43H50N8O10/c1-8-13-61-42(56)30-20-37(58-6)38(21-31(30)44)60-14-11-9-10-12-39(53)45-27-18-34(50(4)23-27)41(55)46-28-17-32(49(3)24-28)36(52)16-26-15-33(48(2)22-26)40(54)47-29-19-35(43(57)59-7)51(5)25-29/h8,15,17-25H,1,9-14,16,44H2,2-7H3,(H,45,53)(H,46,55)(H,47,54). The molecule has 0 bridgehead atoms. The molecule has 0 unspecified atom stereocenters. The number of carbonyl (C=O) groups is 6. The number of methoxy groups -OCH3 is 2. The van der Waals surface area contributed by atoms with Gasteiger partial charge in [0.15, 0.2) is 17.3 Å². The van der Waals surface area contributed by atoms with Gasteiger partial charge in [-0.1, -0.05) is 12.7 Å². The fourth-order valence-corrected chi connectivity index (χ4v) is 6.54. The van der Waals surface area contributed by atoms with Crippen LogP contribution in [-0.2, 0) is 48.9 Å². The summed E-state index contributed by atoms with van der Waals surface area (Å²) in [5.41, 5.74) is 9.48. The first kappa shape index (κ1) is 44.6. The number of Topliss-reactive ketones (excluding diaryl/α,β-unsaturated/α-hetero) is 1. The van der Waals surface area contributed by atoms with Crippen molar-refractivity contribution in [3.05, 3.63) is 108 Å². The van der Waals surface area contributed by atoms with Crippen LogP contribution in [0, 0.1) is 0 Å². The van der Waals surface area contributed by atoms with Crippen molar-refractivity contribution in [2.24, 2.45) is 28.2 Å². The molecule has 0 atom stereocenters. The van der Waals surface area contributed by atoms with Gasteiger partial charge >= 0.3 is 11.9 Å². The molecule has 0 saturated heterocycles. The maximum absolute atomic E-state index is 13.4. The Bertz CT molecular complexity index is 2470. The minimum absolute atomic E-state index is 0.00423. The Hall–Kier alpha value is -7.50. The summed E-state index contributed by atoms with van der Waals surface area (Å²) in [5.74, 6) is -1.73. The number of rotatable bonds is 20. The van der Waals surface area contributed by atoms with E-state index >= 15 is 0 Å². The molecule has 5 N–H and O–H groups in total. The first-order chi connectivity index (χ1) is 29.1. The van der Waals surface area contributed by atoms with Crippen molar-refractivity contribution in [1.82, 2.24) is 18.3 Å². The fourth-order valence-electron chi connectivity index (χ4n) is 6.54. The predicted molar refractivity (Wildman–Crippen MR) is 227 cm³/mol. The van der Waals surface area contributed by atoms with E-state index in [1.807, 2.05) is 0 Å². The lowest BCUT2D eigenvalue weighted by atomic mass is 10.1. The second-order valence-electron chi connectivity index (χ2n) is 14.2. The molecule has 322 valence electrons. The van der Waals surface area contributed by atoms with Crippen molar-refractivity contribution in [1.29, 1.82) is 0 Å². The number of anilines is 4. The van der Waals surface area contributed by atoms with Gasteiger partial charge in [0.2, 0.25) is 5.91 Å². The van der Waals surface area contributed by atoms with Crippen molar-refractivity contribution < 1.29 is 47.7 Å². The number of carbonyl (C=O) groups excluding carboxylic acids is 6. The number of nitrogens with zero attached hydrogens (tertiary/aromatic N) is 4. The van der Waals surface area contributed by atoms with E-state index in [2.05, 4.69) is 22.5 Å². The van der Waals surface area contributed by atoms with Crippen LogP contribution in [0.15, 0.2) is 73.8 Å². The second kappa shape index (κ2) is 20.0. The molecule has 18 heteroatoms. The molecule has 0 radical (unpaired) electrons. The smallest absolute Gasteiger partial charge is 0.354 e. The molecule has 0 aliphatic carbocycles. The Morgan fingerprint density at radius 3 is 1.89 bits per heavy atom. The first-order valence-electron chi connectivity index (χ1n) is 19.2. The van der Waals surface area contributed by atoms with Gasteiger partial charge in [0.1, 0.15) is 23.7 Å². The van der Waals surface area contributed by atoms with Gasteiger partial charge in [-0.3, -0.25) is 19.2 Å². The monoisotopic (exact) mass is 838 g/mol. The number of aromatic nitrogens is 4. The number of nitrogens with two attached hydrogens (primary N) is 1. The van der Waals surface area contributed by atoms with Gasteiger partial charge in [-0.2, -0.15) is 0 Å². The van der Waals surface area contributed by atoms with Crippen LogP contribution in [0.1, 0.15) is 83.6 Å². The molecule has 0 saturated carbocycles. The van der Waals surface area contributed by atoms with E-state index in [9.17, 15) is 28.8 Å². The summed E-state index contributed by atoms with van der Waals surface area (Å²) in [6.45, 7) is 3.90. The highest BCUT2D eigenvalue weighted by atomic mass is 16.5. The number of hydrogen-bond acceptors (Lipinski definition) is 11. The van der Waals surface area contributed by atoms with Gasteiger partial charge in [-0.05, 0) is 49.1 Å². The maximum Gasteiger partial charge on any atom is 0.354 e. The number of nitrogens with one attached hydrogen (secondary N) is 3. The van der Waals surface area contributed by atoms with Crippen molar-refractivity contribution in [2.45, 2.75) is 32.1 Å². The van der Waals surface area contributed by atoms with E-state index in [1.54, 1.807) is 89.4 Å². The lowest BCUT2D eigenvalue weighted by molar-refractivity contribution is -0.116. The number of hydrogen-bond donors (Lipinski definition) is 4. The summed E-state index contributed by atoms with van der Waals surface area (Å²) in [7, 11) is 9.46. The third-order valence-electron chi connectivity index (χ3n) is 9.58. The minimum atomic E-state index is -0.599. The lowest BCUT2D eigenvalue weighted by Crippen LogP contribution is -2.15. The Labute approximate surface area is 352 Å². The first-order valence-corrected chi connectivity index (χ1v) is 19.2. The average molecular weight is 839 g/mol. The largest absolute Gasteiger partial charge is 0.493 e. The Balaban J connectivity index is 1.07. The molecule has 4 heterocycles. The molecule has 3 amide bonds. The molecule has 4 aromatic heterocycles. The molecule has 0 aliphatic heterocycles. The van der Waals surface area contributed by atoms with Gasteiger partial charge in [-0.25, -0.2) is 9.59 Å². The zero-order valence-electron chi connectivity index (χ0n) is 35.0. The van der Waals surface area contributed by atoms with Crippen molar-refractivity contribution in [2.75, 3.05) is 49.1 Å². The van der Waals surface area contributed by atoms with Crippen molar-refractivity contribution in [3.8, 4) is 11.5 Å². The second-order valence-corrected chi connectivity index (χ2v) is 14.2. The van der Waals surface area contributed by atoms with Crippen LogP contribution in [0.3, 0.4) is 0 Å². The summed E-state index contributed by atoms with van der Waals surface area (Å²) >= 11 is 0. The van der Waals surface area contributed by atoms with Crippen LogP contribution >= 0.6 is 0 Å². The van der Waals surface area contributed by atoms with E-state index in [0.29, 0.717) is 71.4 Å². The van der Waals surface area contributed by atoms with Gasteiger partial charge in [0, 0.05) is 78.0 Å². The normalized spacial score (nSPS) is 10.8. The topological polar surface area (TPSA) is 221 Å².